The van der Waals surface area contributed by atoms with E-state index in [4.69, 9.17) is 4.74 Å². The first-order valence-corrected chi connectivity index (χ1v) is 8.17. The van der Waals surface area contributed by atoms with Gasteiger partial charge in [0.15, 0.2) is 0 Å². The highest BCUT2D eigenvalue weighted by molar-refractivity contribution is 5.74. The molecule has 3 heterocycles. The minimum atomic E-state index is -0.784. The van der Waals surface area contributed by atoms with Crippen LogP contribution in [0.15, 0.2) is 24.4 Å². The number of nitrogens with zero attached hydrogens (tertiary/aromatic N) is 2. The first-order valence-electron chi connectivity index (χ1n) is 8.17. The molecule has 2 aliphatic heterocycles. The Morgan fingerprint density at radius 3 is 2.91 bits per heavy atom. The van der Waals surface area contributed by atoms with Crippen molar-refractivity contribution >= 4 is 5.97 Å². The standard InChI is InChI=1S/C16H24N4O3/c21-16(22)15-12(9-18-19-15)10-20-7-4-14(5-8-20)23-11-13-3-1-2-6-17-13/h1-3,6,12,14-15,18-19H,4-5,7-11H2,(H,21,22). The molecule has 3 N–H and O–H groups in total. The number of carboxylic acids is 1. The lowest BCUT2D eigenvalue weighted by Gasteiger charge is -2.33. The van der Waals surface area contributed by atoms with Crippen LogP contribution in [0.3, 0.4) is 0 Å². The molecule has 2 saturated heterocycles. The molecule has 2 fully saturated rings. The van der Waals surface area contributed by atoms with Crippen LogP contribution in [0.2, 0.25) is 0 Å². The number of hydrogen-bond donors (Lipinski definition) is 3. The lowest BCUT2D eigenvalue weighted by molar-refractivity contribution is -0.140. The fourth-order valence-corrected chi connectivity index (χ4v) is 3.25. The molecule has 2 atom stereocenters. The maximum atomic E-state index is 11.2. The van der Waals surface area contributed by atoms with Gasteiger partial charge in [-0.05, 0) is 25.0 Å². The number of carboxylic acid groups (broad SMARTS) is 1. The highest BCUT2D eigenvalue weighted by atomic mass is 16.5. The number of pyridine rings is 1. The van der Waals surface area contributed by atoms with Crippen molar-refractivity contribution in [3.05, 3.63) is 30.1 Å². The summed E-state index contributed by atoms with van der Waals surface area (Å²) in [5.74, 6) is -0.674. The molecule has 1 aromatic heterocycles. The van der Waals surface area contributed by atoms with Crippen molar-refractivity contribution in [2.45, 2.75) is 31.6 Å². The molecule has 7 nitrogen and oxygen atoms in total. The van der Waals surface area contributed by atoms with Gasteiger partial charge in [-0.2, -0.15) is 0 Å². The molecule has 2 aliphatic rings. The second kappa shape index (κ2) is 7.83. The third kappa shape index (κ3) is 4.48. The number of rotatable bonds is 6. The van der Waals surface area contributed by atoms with Crippen LogP contribution in [0.4, 0.5) is 0 Å². The van der Waals surface area contributed by atoms with Gasteiger partial charge >= 0.3 is 5.97 Å². The van der Waals surface area contributed by atoms with Gasteiger partial charge in [-0.3, -0.25) is 15.2 Å². The molecule has 126 valence electrons. The molecule has 0 aliphatic carbocycles. The topological polar surface area (TPSA) is 86.7 Å². The maximum Gasteiger partial charge on any atom is 0.322 e. The average molecular weight is 320 g/mol. The first kappa shape index (κ1) is 16.3. The fourth-order valence-electron chi connectivity index (χ4n) is 3.25. The highest BCUT2D eigenvalue weighted by Gasteiger charge is 2.34. The number of aliphatic carboxylic acids is 1. The van der Waals surface area contributed by atoms with Crippen LogP contribution in [0, 0.1) is 5.92 Å². The van der Waals surface area contributed by atoms with Gasteiger partial charge in [0.05, 0.1) is 18.4 Å². The highest BCUT2D eigenvalue weighted by Crippen LogP contribution is 2.18. The van der Waals surface area contributed by atoms with Crippen LogP contribution in [0.5, 0.6) is 0 Å². The Balaban J connectivity index is 1.39. The van der Waals surface area contributed by atoms with Crippen LogP contribution in [0.25, 0.3) is 0 Å². The molecule has 7 heteroatoms. The molecule has 3 rings (SSSR count). The number of nitrogens with one attached hydrogen (secondary N) is 2. The Hall–Kier alpha value is -1.54. The lowest BCUT2D eigenvalue weighted by atomic mass is 9.99. The molecule has 0 aromatic carbocycles. The van der Waals surface area contributed by atoms with Crippen LogP contribution in [-0.2, 0) is 16.1 Å². The molecule has 0 amide bonds. The summed E-state index contributed by atoms with van der Waals surface area (Å²) in [5, 5.41) is 9.19. The Kier molecular flexibility index (Phi) is 5.56. The first-order chi connectivity index (χ1) is 11.2. The summed E-state index contributed by atoms with van der Waals surface area (Å²) in [6.45, 7) is 3.98. The van der Waals surface area contributed by atoms with Gasteiger partial charge < -0.3 is 14.7 Å². The Morgan fingerprint density at radius 2 is 2.22 bits per heavy atom. The monoisotopic (exact) mass is 320 g/mol. The number of hydrogen-bond acceptors (Lipinski definition) is 6. The van der Waals surface area contributed by atoms with Crippen molar-refractivity contribution < 1.29 is 14.6 Å². The van der Waals surface area contributed by atoms with E-state index in [-0.39, 0.29) is 12.0 Å². The minimum absolute atomic E-state index is 0.110. The Bertz CT molecular complexity index is 505. The van der Waals surface area contributed by atoms with E-state index in [0.717, 1.165) is 38.2 Å². The summed E-state index contributed by atoms with van der Waals surface area (Å²) >= 11 is 0. The van der Waals surface area contributed by atoms with Gasteiger partial charge in [-0.15, -0.1) is 0 Å². The van der Waals surface area contributed by atoms with E-state index in [2.05, 4.69) is 20.7 Å². The fraction of sp³-hybridized carbons (Fsp3) is 0.625. The van der Waals surface area contributed by atoms with E-state index in [1.165, 1.54) is 0 Å². The summed E-state index contributed by atoms with van der Waals surface area (Å²) in [6, 6.07) is 5.35. The van der Waals surface area contributed by atoms with Gasteiger partial charge in [0.25, 0.3) is 0 Å². The van der Waals surface area contributed by atoms with Gasteiger partial charge in [0, 0.05) is 38.3 Å². The molecule has 1 aromatic rings. The second-order valence-electron chi connectivity index (χ2n) is 6.23. The van der Waals surface area contributed by atoms with Crippen LogP contribution < -0.4 is 10.9 Å². The molecular formula is C16H24N4O3. The zero-order chi connectivity index (χ0) is 16.1. The lowest BCUT2D eigenvalue weighted by Crippen LogP contribution is -2.45. The zero-order valence-corrected chi connectivity index (χ0v) is 13.1. The van der Waals surface area contributed by atoms with E-state index < -0.39 is 12.0 Å². The average Bonchev–Trinajstić information content (AvgIpc) is 3.04. The van der Waals surface area contributed by atoms with Crippen molar-refractivity contribution in [1.29, 1.82) is 0 Å². The Morgan fingerprint density at radius 1 is 1.39 bits per heavy atom. The molecule has 23 heavy (non-hydrogen) atoms. The van der Waals surface area contributed by atoms with E-state index in [1.54, 1.807) is 6.20 Å². The van der Waals surface area contributed by atoms with E-state index in [0.29, 0.717) is 13.2 Å². The predicted molar refractivity (Wildman–Crippen MR) is 84.5 cm³/mol. The number of likely N-dealkylation sites (tertiary alicyclic amines) is 1. The molecule has 0 saturated carbocycles. The summed E-state index contributed by atoms with van der Waals surface area (Å²) < 4.78 is 5.94. The second-order valence-corrected chi connectivity index (χ2v) is 6.23. The number of ether oxygens (including phenoxy) is 1. The quantitative estimate of drug-likeness (QED) is 0.692. The van der Waals surface area contributed by atoms with E-state index >= 15 is 0 Å². The summed E-state index contributed by atoms with van der Waals surface area (Å²) in [6.07, 6.45) is 4.02. The third-order valence-electron chi connectivity index (χ3n) is 4.58. The summed E-state index contributed by atoms with van der Waals surface area (Å²) in [7, 11) is 0. The smallest absolute Gasteiger partial charge is 0.322 e. The van der Waals surface area contributed by atoms with Crippen LogP contribution in [0.1, 0.15) is 18.5 Å². The van der Waals surface area contributed by atoms with E-state index in [9.17, 15) is 9.90 Å². The summed E-state index contributed by atoms with van der Waals surface area (Å²) in [4.78, 5) is 17.8. The summed E-state index contributed by atoms with van der Waals surface area (Å²) in [5.41, 5.74) is 6.75. The van der Waals surface area contributed by atoms with Crippen LogP contribution in [-0.4, -0.2) is 59.3 Å². The van der Waals surface area contributed by atoms with Crippen molar-refractivity contribution in [2.24, 2.45) is 5.92 Å². The normalized spacial score (nSPS) is 26.4. The molecule has 0 bridgehead atoms. The SMILES string of the molecule is O=C(O)C1NNCC1CN1CCC(OCc2ccccn2)CC1. The van der Waals surface area contributed by atoms with Gasteiger partial charge in [-0.1, -0.05) is 6.07 Å². The van der Waals surface area contributed by atoms with Gasteiger partial charge in [-0.25, -0.2) is 5.43 Å². The van der Waals surface area contributed by atoms with E-state index in [1.807, 2.05) is 18.2 Å². The third-order valence-corrected chi connectivity index (χ3v) is 4.58. The molecule has 2 unspecified atom stereocenters. The molecule has 0 radical (unpaired) electrons. The number of aromatic nitrogens is 1. The van der Waals surface area contributed by atoms with Crippen molar-refractivity contribution in [1.82, 2.24) is 20.7 Å². The van der Waals surface area contributed by atoms with Crippen molar-refractivity contribution in [3.8, 4) is 0 Å². The zero-order valence-electron chi connectivity index (χ0n) is 13.1. The number of piperidine rings is 1. The molecule has 0 spiro atoms. The largest absolute Gasteiger partial charge is 0.480 e. The maximum absolute atomic E-state index is 11.2. The predicted octanol–water partition coefficient (Wildman–Crippen LogP) is 0.240. The number of carbonyl (C=O) groups is 1. The number of hydrazine groups is 1. The van der Waals surface area contributed by atoms with Crippen molar-refractivity contribution in [3.63, 3.8) is 0 Å². The Labute approximate surface area is 136 Å². The van der Waals surface area contributed by atoms with Crippen LogP contribution >= 0.6 is 0 Å². The van der Waals surface area contributed by atoms with Crippen molar-refractivity contribution in [2.75, 3.05) is 26.2 Å². The van der Waals surface area contributed by atoms with Gasteiger partial charge in [0.1, 0.15) is 6.04 Å². The molecular weight excluding hydrogens is 296 g/mol. The minimum Gasteiger partial charge on any atom is -0.480 e. The van der Waals surface area contributed by atoms with Gasteiger partial charge in [0.2, 0.25) is 0 Å².